The maximum atomic E-state index is 13.4. The number of esters is 1. The van der Waals surface area contributed by atoms with E-state index < -0.39 is 105 Å². The van der Waals surface area contributed by atoms with Crippen LogP contribution in [0.4, 0.5) is 0 Å². The van der Waals surface area contributed by atoms with Crippen LogP contribution in [0.5, 0.6) is 74.7 Å². The van der Waals surface area contributed by atoms with Crippen LogP contribution in [0.2, 0.25) is 0 Å². The molecule has 16 heteroatoms. The van der Waals surface area contributed by atoms with Gasteiger partial charge in [0.05, 0.1) is 11.5 Å². The number of carbonyl (C=O) groups is 1. The molecule has 0 radical (unpaired) electrons. The van der Waals surface area contributed by atoms with Gasteiger partial charge in [0, 0.05) is 46.9 Å². The molecule has 2 aliphatic heterocycles. The molecule has 16 nitrogen and oxygen atoms in total. The SMILES string of the molecule is O=C(O[C@@H]1Cc2c(O)cc(O)c(C3c4c(O)cc(O)cc4OC(c4ccc(O)c(O)c4)[C@@H]3O)c2OC1c1ccc(O)c(O)c1)c1cc(O)c(O)c(O)c1. The fourth-order valence-electron chi connectivity index (χ4n) is 6.72. The first-order chi connectivity index (χ1) is 25.1. The molecule has 0 spiro atoms. The van der Waals surface area contributed by atoms with E-state index in [1.54, 1.807) is 0 Å². The number of fused-ring (bicyclic) bond motifs is 2. The van der Waals surface area contributed by atoms with Crippen LogP contribution < -0.4 is 9.47 Å². The maximum absolute atomic E-state index is 13.4. The van der Waals surface area contributed by atoms with Crippen molar-refractivity contribution in [1.82, 2.24) is 0 Å². The molecule has 53 heavy (non-hydrogen) atoms. The van der Waals surface area contributed by atoms with E-state index >= 15 is 0 Å². The van der Waals surface area contributed by atoms with Gasteiger partial charge >= 0.3 is 5.97 Å². The summed E-state index contributed by atoms with van der Waals surface area (Å²) in [7, 11) is 0. The molecule has 0 aliphatic carbocycles. The van der Waals surface area contributed by atoms with Crippen LogP contribution in [0.15, 0.2) is 66.7 Å². The van der Waals surface area contributed by atoms with Gasteiger partial charge in [-0.05, 0) is 42.0 Å². The Morgan fingerprint density at radius 3 is 1.77 bits per heavy atom. The van der Waals surface area contributed by atoms with Crippen LogP contribution >= 0.6 is 0 Å². The van der Waals surface area contributed by atoms with Gasteiger partial charge in [-0.2, -0.15) is 0 Å². The van der Waals surface area contributed by atoms with Gasteiger partial charge < -0.3 is 75.5 Å². The van der Waals surface area contributed by atoms with E-state index in [0.29, 0.717) is 0 Å². The molecule has 0 saturated carbocycles. The van der Waals surface area contributed by atoms with Gasteiger partial charge in [-0.1, -0.05) is 12.1 Å². The second-order valence-electron chi connectivity index (χ2n) is 12.6. The van der Waals surface area contributed by atoms with Crippen molar-refractivity contribution in [2.24, 2.45) is 0 Å². The average molecular weight is 731 g/mol. The summed E-state index contributed by atoms with van der Waals surface area (Å²) < 4.78 is 18.1. The smallest absolute Gasteiger partial charge is 0.338 e. The number of phenolic OH excluding ortho intramolecular Hbond substituents is 11. The quantitative estimate of drug-likeness (QED) is 0.0899. The zero-order chi connectivity index (χ0) is 38.0. The maximum Gasteiger partial charge on any atom is 0.338 e. The summed E-state index contributed by atoms with van der Waals surface area (Å²) in [5.41, 5.74) is -0.556. The molecule has 0 fully saturated rings. The molecular weight excluding hydrogens is 700 g/mol. The lowest BCUT2D eigenvalue weighted by atomic mass is 9.77. The molecule has 12 N–H and O–H groups in total. The highest BCUT2D eigenvalue weighted by atomic mass is 16.6. The highest BCUT2D eigenvalue weighted by molar-refractivity contribution is 5.91. The number of hydrogen-bond donors (Lipinski definition) is 12. The monoisotopic (exact) mass is 730 g/mol. The lowest BCUT2D eigenvalue weighted by molar-refractivity contribution is -0.0210. The molecule has 0 amide bonds. The van der Waals surface area contributed by atoms with E-state index in [1.807, 2.05) is 0 Å². The van der Waals surface area contributed by atoms with Crippen LogP contribution in [0.1, 0.15) is 56.3 Å². The molecule has 7 rings (SSSR count). The average Bonchev–Trinajstić information content (AvgIpc) is 3.10. The Labute approximate surface area is 297 Å². The second-order valence-corrected chi connectivity index (χ2v) is 12.6. The van der Waals surface area contributed by atoms with E-state index in [4.69, 9.17) is 14.2 Å². The molecule has 5 aromatic rings. The van der Waals surface area contributed by atoms with Crippen molar-refractivity contribution in [2.45, 2.75) is 36.8 Å². The first-order valence-corrected chi connectivity index (χ1v) is 15.8. The Bertz CT molecular complexity index is 2280. The largest absolute Gasteiger partial charge is 0.508 e. The van der Waals surface area contributed by atoms with Crippen molar-refractivity contribution in [3.8, 4) is 74.7 Å². The molecule has 3 unspecified atom stereocenters. The van der Waals surface area contributed by atoms with Gasteiger partial charge in [0.15, 0.2) is 52.5 Å². The van der Waals surface area contributed by atoms with Crippen molar-refractivity contribution in [1.29, 1.82) is 0 Å². The first-order valence-electron chi connectivity index (χ1n) is 15.8. The third-order valence-electron chi connectivity index (χ3n) is 9.22. The molecule has 0 aromatic heterocycles. The van der Waals surface area contributed by atoms with Gasteiger partial charge in [-0.3, -0.25) is 0 Å². The summed E-state index contributed by atoms with van der Waals surface area (Å²) in [4.78, 5) is 13.4. The number of phenols is 11. The first kappa shape index (κ1) is 34.4. The number of carbonyl (C=O) groups excluding carboxylic acids is 1. The van der Waals surface area contributed by atoms with E-state index in [0.717, 1.165) is 54.6 Å². The standard InChI is InChI=1S/C37H30O16/c38-16-9-23(44)29-27(10-16)51-35(14-2-4-19(40)22(43)6-14)33(49)31(29)30-24(45)12-20(41)17-11-28(52-37(50)15-7-25(46)32(48)26(47)8-15)34(53-36(17)30)13-1-3-18(39)21(42)5-13/h1-10,12,28,31,33-35,38-49H,11H2/t28-,31?,33-,34?,35?/m1/s1. The minimum Gasteiger partial charge on any atom is -0.508 e. The van der Waals surface area contributed by atoms with Gasteiger partial charge in [0.2, 0.25) is 0 Å². The van der Waals surface area contributed by atoms with Crippen LogP contribution in [-0.2, 0) is 11.2 Å². The Morgan fingerprint density at radius 1 is 0.585 bits per heavy atom. The Balaban J connectivity index is 1.39. The van der Waals surface area contributed by atoms with Gasteiger partial charge in [-0.25, -0.2) is 4.79 Å². The van der Waals surface area contributed by atoms with Crippen LogP contribution in [0.3, 0.4) is 0 Å². The predicted octanol–water partition coefficient (Wildman–Crippen LogP) is 3.98. The van der Waals surface area contributed by atoms with E-state index in [2.05, 4.69) is 0 Å². The minimum atomic E-state index is -1.72. The minimum absolute atomic E-state index is 0.0661. The number of rotatable bonds is 5. The molecule has 5 atom stereocenters. The van der Waals surface area contributed by atoms with Crippen LogP contribution in [0, 0.1) is 0 Å². The molecule has 0 saturated heterocycles. The summed E-state index contributed by atoms with van der Waals surface area (Å²) in [5, 5.41) is 126. The highest BCUT2D eigenvalue weighted by Crippen LogP contribution is 2.57. The third kappa shape index (κ3) is 5.85. The van der Waals surface area contributed by atoms with Gasteiger partial charge in [0.1, 0.15) is 46.7 Å². The zero-order valence-corrected chi connectivity index (χ0v) is 26.9. The molecule has 0 bridgehead atoms. The highest BCUT2D eigenvalue weighted by Gasteiger charge is 2.47. The van der Waals surface area contributed by atoms with E-state index in [-0.39, 0.29) is 45.7 Å². The summed E-state index contributed by atoms with van der Waals surface area (Å²) in [5.74, 6) is -9.84. The van der Waals surface area contributed by atoms with E-state index in [9.17, 15) is 66.1 Å². The molecule has 2 aliphatic rings. The Kier molecular flexibility index (Phi) is 8.18. The Hall–Kier alpha value is -7.07. The second kappa shape index (κ2) is 12.6. The third-order valence-corrected chi connectivity index (χ3v) is 9.22. The van der Waals surface area contributed by atoms with Crippen molar-refractivity contribution in [3.63, 3.8) is 0 Å². The fourth-order valence-corrected chi connectivity index (χ4v) is 6.72. The fraction of sp³-hybridized carbons (Fsp3) is 0.162. The van der Waals surface area contributed by atoms with Gasteiger partial charge in [0.25, 0.3) is 0 Å². The van der Waals surface area contributed by atoms with Crippen molar-refractivity contribution >= 4 is 5.97 Å². The predicted molar refractivity (Wildman–Crippen MR) is 178 cm³/mol. The number of aromatic hydroxyl groups is 11. The summed E-state index contributed by atoms with van der Waals surface area (Å²) in [6, 6.07) is 11.9. The molecule has 5 aromatic carbocycles. The molecule has 274 valence electrons. The summed E-state index contributed by atoms with van der Waals surface area (Å²) in [6.45, 7) is 0. The van der Waals surface area contributed by atoms with E-state index in [1.165, 1.54) is 12.1 Å². The van der Waals surface area contributed by atoms with Crippen molar-refractivity contribution < 1.29 is 80.3 Å². The Morgan fingerprint density at radius 2 is 1.17 bits per heavy atom. The van der Waals surface area contributed by atoms with Crippen molar-refractivity contribution in [3.05, 3.63) is 100 Å². The van der Waals surface area contributed by atoms with Gasteiger partial charge in [-0.15, -0.1) is 0 Å². The van der Waals surface area contributed by atoms with Crippen molar-refractivity contribution in [2.75, 3.05) is 0 Å². The topological polar surface area (TPSA) is 288 Å². The summed E-state index contributed by atoms with van der Waals surface area (Å²) in [6.07, 6.45) is -6.22. The number of benzene rings is 5. The van der Waals surface area contributed by atoms with Crippen LogP contribution in [0.25, 0.3) is 0 Å². The van der Waals surface area contributed by atoms with Crippen LogP contribution in [-0.4, -0.2) is 79.5 Å². The lowest BCUT2D eigenvalue weighted by Crippen LogP contribution is -2.38. The summed E-state index contributed by atoms with van der Waals surface area (Å²) >= 11 is 0. The number of aliphatic hydroxyl groups excluding tert-OH is 1. The number of hydrogen-bond acceptors (Lipinski definition) is 16. The molecular formula is C37H30O16. The number of aliphatic hydroxyl groups is 1. The lowest BCUT2D eigenvalue weighted by Gasteiger charge is -2.40. The normalized spacial score (nSPS) is 20.4. The number of ether oxygens (including phenoxy) is 3. The zero-order valence-electron chi connectivity index (χ0n) is 26.9. The molecule has 2 heterocycles.